The van der Waals surface area contributed by atoms with Gasteiger partial charge >= 0.3 is 0 Å². The maximum absolute atomic E-state index is 13.1. The summed E-state index contributed by atoms with van der Waals surface area (Å²) in [6.45, 7) is 7.67. The summed E-state index contributed by atoms with van der Waals surface area (Å²) in [4.78, 5) is 30.0. The van der Waals surface area contributed by atoms with E-state index in [9.17, 15) is 9.59 Å². The average molecular weight is 357 g/mol. The van der Waals surface area contributed by atoms with E-state index >= 15 is 0 Å². The van der Waals surface area contributed by atoms with Gasteiger partial charge in [0.15, 0.2) is 0 Å². The van der Waals surface area contributed by atoms with Crippen LogP contribution >= 0.6 is 0 Å². The number of piperidine rings is 2. The Kier molecular flexibility index (Phi) is 6.33. The maximum Gasteiger partial charge on any atom is 0.254 e. The van der Waals surface area contributed by atoms with E-state index in [4.69, 9.17) is 0 Å². The predicted molar refractivity (Wildman–Crippen MR) is 104 cm³/mol. The molecule has 0 unspecified atom stereocenters. The zero-order chi connectivity index (χ0) is 18.5. The first-order valence-corrected chi connectivity index (χ1v) is 10.3. The minimum atomic E-state index is 0.0203. The average Bonchev–Trinajstić information content (AvgIpc) is 2.73. The van der Waals surface area contributed by atoms with Crippen LogP contribution in [0.3, 0.4) is 0 Å². The standard InChI is InChI=1S/C22H32N2O2/c1-3-17-9-13-23(14-10-17)21(25)19-7-5-6-8-20(19)22(26)24-15-11-18(4-2)12-16-24/h5-8,17-18H,3-4,9-16H2,1-2H3. The number of carbonyl (C=O) groups excluding carboxylic acids is 2. The molecule has 0 aromatic heterocycles. The van der Waals surface area contributed by atoms with Crippen LogP contribution in [0.2, 0.25) is 0 Å². The molecule has 2 saturated heterocycles. The summed E-state index contributed by atoms with van der Waals surface area (Å²) in [7, 11) is 0. The summed E-state index contributed by atoms with van der Waals surface area (Å²) in [6, 6.07) is 7.37. The van der Waals surface area contributed by atoms with Crippen molar-refractivity contribution >= 4 is 11.8 Å². The first-order valence-electron chi connectivity index (χ1n) is 10.3. The van der Waals surface area contributed by atoms with Gasteiger partial charge in [0.05, 0.1) is 11.1 Å². The summed E-state index contributed by atoms with van der Waals surface area (Å²) >= 11 is 0. The highest BCUT2D eigenvalue weighted by Crippen LogP contribution is 2.25. The number of rotatable bonds is 4. The summed E-state index contributed by atoms with van der Waals surface area (Å²) < 4.78 is 0. The lowest BCUT2D eigenvalue weighted by Gasteiger charge is -2.33. The lowest BCUT2D eigenvalue weighted by molar-refractivity contribution is 0.0649. The highest BCUT2D eigenvalue weighted by atomic mass is 16.2. The second-order valence-electron chi connectivity index (χ2n) is 7.83. The molecule has 1 aromatic carbocycles. The third-order valence-corrected chi connectivity index (χ3v) is 6.35. The SMILES string of the molecule is CCC1CCN(C(=O)c2ccccc2C(=O)N2CCC(CC)CC2)CC1. The highest BCUT2D eigenvalue weighted by molar-refractivity contribution is 6.07. The van der Waals surface area contributed by atoms with E-state index in [-0.39, 0.29) is 11.8 Å². The van der Waals surface area contributed by atoms with Gasteiger partial charge in [-0.05, 0) is 49.7 Å². The van der Waals surface area contributed by atoms with Crippen LogP contribution in [0.5, 0.6) is 0 Å². The monoisotopic (exact) mass is 356 g/mol. The number of benzene rings is 1. The van der Waals surface area contributed by atoms with E-state index in [1.807, 2.05) is 34.1 Å². The Morgan fingerprint density at radius 1 is 0.769 bits per heavy atom. The Labute approximate surface area is 157 Å². The van der Waals surface area contributed by atoms with Crippen molar-refractivity contribution in [1.82, 2.24) is 9.80 Å². The maximum atomic E-state index is 13.1. The molecule has 4 heteroatoms. The second-order valence-corrected chi connectivity index (χ2v) is 7.83. The molecule has 0 N–H and O–H groups in total. The van der Waals surface area contributed by atoms with Crippen LogP contribution in [0.4, 0.5) is 0 Å². The van der Waals surface area contributed by atoms with Gasteiger partial charge in [-0.25, -0.2) is 0 Å². The Morgan fingerprint density at radius 2 is 1.12 bits per heavy atom. The number of amides is 2. The van der Waals surface area contributed by atoms with Crippen LogP contribution in [0.25, 0.3) is 0 Å². The van der Waals surface area contributed by atoms with Gasteiger partial charge in [0.25, 0.3) is 11.8 Å². The molecule has 2 heterocycles. The summed E-state index contributed by atoms with van der Waals surface area (Å²) in [5.74, 6) is 1.51. The first kappa shape index (κ1) is 18.9. The Bertz CT molecular complexity index is 572. The van der Waals surface area contributed by atoms with E-state index in [1.165, 1.54) is 12.8 Å². The molecule has 0 radical (unpaired) electrons. The van der Waals surface area contributed by atoms with Crippen molar-refractivity contribution in [3.8, 4) is 0 Å². The zero-order valence-electron chi connectivity index (χ0n) is 16.2. The number of hydrogen-bond donors (Lipinski definition) is 0. The molecule has 1 aromatic rings. The molecule has 2 aliphatic heterocycles. The van der Waals surface area contributed by atoms with E-state index in [0.717, 1.165) is 63.7 Å². The molecule has 2 fully saturated rings. The van der Waals surface area contributed by atoms with Gasteiger partial charge in [0.1, 0.15) is 0 Å². The van der Waals surface area contributed by atoms with Crippen molar-refractivity contribution in [2.75, 3.05) is 26.2 Å². The van der Waals surface area contributed by atoms with Crippen molar-refractivity contribution in [3.05, 3.63) is 35.4 Å². The molecular weight excluding hydrogens is 324 g/mol. The van der Waals surface area contributed by atoms with Crippen LogP contribution in [-0.4, -0.2) is 47.8 Å². The normalized spacial score (nSPS) is 19.6. The minimum Gasteiger partial charge on any atom is -0.339 e. The predicted octanol–water partition coefficient (Wildman–Crippen LogP) is 4.21. The topological polar surface area (TPSA) is 40.6 Å². The quantitative estimate of drug-likeness (QED) is 0.811. The molecule has 0 atom stereocenters. The minimum absolute atomic E-state index is 0.0203. The van der Waals surface area contributed by atoms with Crippen LogP contribution in [0.15, 0.2) is 24.3 Å². The summed E-state index contributed by atoms with van der Waals surface area (Å²) in [5, 5.41) is 0. The van der Waals surface area contributed by atoms with Gasteiger partial charge < -0.3 is 9.80 Å². The van der Waals surface area contributed by atoms with Crippen LogP contribution in [0, 0.1) is 11.8 Å². The van der Waals surface area contributed by atoms with Crippen LogP contribution in [-0.2, 0) is 0 Å². The fourth-order valence-corrected chi connectivity index (χ4v) is 4.29. The lowest BCUT2D eigenvalue weighted by Crippen LogP contribution is -2.41. The van der Waals surface area contributed by atoms with Crippen molar-refractivity contribution in [1.29, 1.82) is 0 Å². The number of carbonyl (C=O) groups is 2. The molecule has 26 heavy (non-hydrogen) atoms. The Hall–Kier alpha value is -1.84. The van der Waals surface area contributed by atoms with E-state index in [1.54, 1.807) is 0 Å². The largest absolute Gasteiger partial charge is 0.339 e. The molecule has 0 aliphatic carbocycles. The molecule has 0 saturated carbocycles. The smallest absolute Gasteiger partial charge is 0.254 e. The molecule has 0 spiro atoms. The first-order chi connectivity index (χ1) is 12.6. The lowest BCUT2D eigenvalue weighted by atomic mass is 9.93. The fraction of sp³-hybridized carbons (Fsp3) is 0.636. The van der Waals surface area contributed by atoms with Gasteiger partial charge in [0.2, 0.25) is 0 Å². The van der Waals surface area contributed by atoms with Crippen LogP contribution < -0.4 is 0 Å². The Morgan fingerprint density at radius 3 is 1.42 bits per heavy atom. The van der Waals surface area contributed by atoms with Crippen molar-refractivity contribution in [3.63, 3.8) is 0 Å². The number of nitrogens with zero attached hydrogens (tertiary/aromatic N) is 2. The van der Waals surface area contributed by atoms with Gasteiger partial charge in [0, 0.05) is 26.2 Å². The number of hydrogen-bond acceptors (Lipinski definition) is 2. The second kappa shape index (κ2) is 8.70. The number of likely N-dealkylation sites (tertiary alicyclic amines) is 2. The Balaban J connectivity index is 1.72. The van der Waals surface area contributed by atoms with Crippen molar-refractivity contribution < 1.29 is 9.59 Å². The van der Waals surface area contributed by atoms with Gasteiger partial charge in [-0.1, -0.05) is 38.8 Å². The van der Waals surface area contributed by atoms with E-state index in [2.05, 4.69) is 13.8 Å². The molecule has 3 rings (SSSR count). The van der Waals surface area contributed by atoms with Crippen molar-refractivity contribution in [2.24, 2.45) is 11.8 Å². The molecule has 0 bridgehead atoms. The molecule has 4 nitrogen and oxygen atoms in total. The molecule has 2 aliphatic rings. The van der Waals surface area contributed by atoms with Crippen LogP contribution in [0.1, 0.15) is 73.1 Å². The molecular formula is C22H32N2O2. The molecule has 142 valence electrons. The molecule has 2 amide bonds. The van der Waals surface area contributed by atoms with Gasteiger partial charge in [-0.15, -0.1) is 0 Å². The fourth-order valence-electron chi connectivity index (χ4n) is 4.29. The third-order valence-electron chi connectivity index (χ3n) is 6.35. The zero-order valence-corrected chi connectivity index (χ0v) is 16.2. The van der Waals surface area contributed by atoms with Gasteiger partial charge in [-0.3, -0.25) is 9.59 Å². The van der Waals surface area contributed by atoms with Gasteiger partial charge in [-0.2, -0.15) is 0 Å². The summed E-state index contributed by atoms with van der Waals surface area (Å²) in [5.41, 5.74) is 1.15. The third kappa shape index (κ3) is 4.11. The van der Waals surface area contributed by atoms with Crippen molar-refractivity contribution in [2.45, 2.75) is 52.4 Å². The summed E-state index contributed by atoms with van der Waals surface area (Å²) in [6.07, 6.45) is 6.66. The van der Waals surface area contributed by atoms with E-state index in [0.29, 0.717) is 11.1 Å². The van der Waals surface area contributed by atoms with E-state index < -0.39 is 0 Å². The highest BCUT2D eigenvalue weighted by Gasteiger charge is 2.28.